The quantitative estimate of drug-likeness (QED) is 0.797. The maximum atomic E-state index is 12.5. The van der Waals surface area contributed by atoms with Crippen LogP contribution in [0.4, 0.5) is 5.82 Å². The number of hydrogen-bond acceptors (Lipinski definition) is 4. The summed E-state index contributed by atoms with van der Waals surface area (Å²) >= 11 is 0. The lowest BCUT2D eigenvalue weighted by Gasteiger charge is -2.23. The van der Waals surface area contributed by atoms with Crippen LogP contribution in [0.2, 0.25) is 0 Å². The van der Waals surface area contributed by atoms with Gasteiger partial charge in [0, 0.05) is 25.7 Å². The molecule has 1 aromatic heterocycles. The number of benzene rings is 1. The van der Waals surface area contributed by atoms with Crippen molar-refractivity contribution in [2.45, 2.75) is 47.1 Å². The SMILES string of the molecule is CCCN(CCC)c1cc(C(=O)NCc2ccc(C)cc2)nc(C)n1. The van der Waals surface area contributed by atoms with Gasteiger partial charge in [0.05, 0.1) is 0 Å². The van der Waals surface area contributed by atoms with Gasteiger partial charge in [-0.2, -0.15) is 0 Å². The van der Waals surface area contributed by atoms with Crippen LogP contribution in [0.5, 0.6) is 0 Å². The minimum Gasteiger partial charge on any atom is -0.357 e. The van der Waals surface area contributed by atoms with Gasteiger partial charge >= 0.3 is 0 Å². The first-order valence-corrected chi connectivity index (χ1v) is 8.97. The zero-order chi connectivity index (χ0) is 18.2. The van der Waals surface area contributed by atoms with Crippen molar-refractivity contribution >= 4 is 11.7 Å². The maximum Gasteiger partial charge on any atom is 0.270 e. The van der Waals surface area contributed by atoms with Crippen LogP contribution in [0, 0.1) is 13.8 Å². The molecular weight excluding hydrogens is 312 g/mol. The first-order chi connectivity index (χ1) is 12.0. The van der Waals surface area contributed by atoms with Gasteiger partial charge < -0.3 is 10.2 Å². The van der Waals surface area contributed by atoms with Crippen LogP contribution in [-0.2, 0) is 6.54 Å². The topological polar surface area (TPSA) is 58.1 Å². The average molecular weight is 340 g/mol. The van der Waals surface area contributed by atoms with E-state index in [1.165, 1.54) is 5.56 Å². The first-order valence-electron chi connectivity index (χ1n) is 8.97. The summed E-state index contributed by atoms with van der Waals surface area (Å²) in [6, 6.07) is 9.93. The molecule has 0 aliphatic heterocycles. The third-order valence-electron chi connectivity index (χ3n) is 3.94. The minimum atomic E-state index is -0.166. The molecule has 0 saturated carbocycles. The lowest BCUT2D eigenvalue weighted by atomic mass is 10.1. The van der Waals surface area contributed by atoms with Crippen molar-refractivity contribution in [1.29, 1.82) is 0 Å². The summed E-state index contributed by atoms with van der Waals surface area (Å²) in [7, 11) is 0. The van der Waals surface area contributed by atoms with Crippen LogP contribution in [0.1, 0.15) is 54.1 Å². The summed E-state index contributed by atoms with van der Waals surface area (Å²) in [5.74, 6) is 1.28. The van der Waals surface area contributed by atoms with Crippen molar-refractivity contribution in [3.05, 3.63) is 53.0 Å². The van der Waals surface area contributed by atoms with Crippen LogP contribution in [0.3, 0.4) is 0 Å². The molecule has 0 aliphatic carbocycles. The van der Waals surface area contributed by atoms with Crippen molar-refractivity contribution in [2.24, 2.45) is 0 Å². The number of hydrogen-bond donors (Lipinski definition) is 1. The fraction of sp³-hybridized carbons (Fsp3) is 0.450. The van der Waals surface area contributed by atoms with Crippen molar-refractivity contribution in [3.63, 3.8) is 0 Å². The highest BCUT2D eigenvalue weighted by Crippen LogP contribution is 2.14. The molecule has 2 aromatic rings. The number of nitrogens with zero attached hydrogens (tertiary/aromatic N) is 3. The monoisotopic (exact) mass is 340 g/mol. The van der Waals surface area contributed by atoms with Gasteiger partial charge in [-0.15, -0.1) is 0 Å². The summed E-state index contributed by atoms with van der Waals surface area (Å²) < 4.78 is 0. The van der Waals surface area contributed by atoms with E-state index in [0.717, 1.165) is 37.3 Å². The summed E-state index contributed by atoms with van der Waals surface area (Å²) in [4.78, 5) is 23.6. The molecule has 0 radical (unpaired) electrons. The van der Waals surface area contributed by atoms with Gasteiger partial charge in [-0.1, -0.05) is 43.7 Å². The Balaban J connectivity index is 2.11. The molecule has 0 saturated heterocycles. The predicted octanol–water partition coefficient (Wildman–Crippen LogP) is 3.65. The fourth-order valence-corrected chi connectivity index (χ4v) is 2.69. The zero-order valence-corrected chi connectivity index (χ0v) is 15.7. The van der Waals surface area contributed by atoms with E-state index in [0.29, 0.717) is 18.1 Å². The molecule has 5 nitrogen and oxygen atoms in total. The predicted molar refractivity (Wildman–Crippen MR) is 102 cm³/mol. The van der Waals surface area contributed by atoms with Crippen LogP contribution >= 0.6 is 0 Å². The number of aryl methyl sites for hydroxylation is 2. The standard InChI is InChI=1S/C20H28N4O/c1-5-11-24(12-6-2)19-13-18(22-16(4)23-19)20(25)21-14-17-9-7-15(3)8-10-17/h7-10,13H,5-6,11-12,14H2,1-4H3,(H,21,25). The molecular formula is C20H28N4O. The number of rotatable bonds is 8. The molecule has 0 bridgehead atoms. The van der Waals surface area contributed by atoms with Crippen LogP contribution in [0.15, 0.2) is 30.3 Å². The van der Waals surface area contributed by atoms with Gasteiger partial charge in [-0.25, -0.2) is 9.97 Å². The summed E-state index contributed by atoms with van der Waals surface area (Å²) in [5, 5.41) is 2.94. The van der Waals surface area contributed by atoms with Crippen molar-refractivity contribution in [1.82, 2.24) is 15.3 Å². The van der Waals surface area contributed by atoms with Crippen LogP contribution < -0.4 is 10.2 Å². The number of amides is 1. The Morgan fingerprint density at radius 1 is 1.04 bits per heavy atom. The lowest BCUT2D eigenvalue weighted by Crippen LogP contribution is -2.28. The van der Waals surface area contributed by atoms with Gasteiger partial charge in [0.25, 0.3) is 5.91 Å². The summed E-state index contributed by atoms with van der Waals surface area (Å²) in [5.41, 5.74) is 2.70. The van der Waals surface area contributed by atoms with Crippen LogP contribution in [0.25, 0.3) is 0 Å². The second-order valence-electron chi connectivity index (χ2n) is 6.31. The number of aromatic nitrogens is 2. The van der Waals surface area contributed by atoms with Gasteiger partial charge in [-0.3, -0.25) is 4.79 Å². The molecule has 1 heterocycles. The molecule has 1 aromatic carbocycles. The highest BCUT2D eigenvalue weighted by atomic mass is 16.1. The Labute approximate surface area is 150 Å². The van der Waals surface area contributed by atoms with Crippen molar-refractivity contribution in [3.8, 4) is 0 Å². The largest absolute Gasteiger partial charge is 0.357 e. The highest BCUT2D eigenvalue weighted by molar-refractivity contribution is 5.92. The fourth-order valence-electron chi connectivity index (χ4n) is 2.69. The minimum absolute atomic E-state index is 0.166. The maximum absolute atomic E-state index is 12.5. The third-order valence-corrected chi connectivity index (χ3v) is 3.94. The highest BCUT2D eigenvalue weighted by Gasteiger charge is 2.14. The Bertz CT molecular complexity index is 691. The Hall–Kier alpha value is -2.43. The molecule has 2 rings (SSSR count). The van der Waals surface area contributed by atoms with E-state index in [9.17, 15) is 4.79 Å². The number of anilines is 1. The second kappa shape index (κ2) is 9.16. The molecule has 0 unspecified atom stereocenters. The number of carbonyl (C=O) groups is 1. The van der Waals surface area contributed by atoms with E-state index in [1.807, 2.05) is 38.1 Å². The van der Waals surface area contributed by atoms with E-state index >= 15 is 0 Å². The van der Waals surface area contributed by atoms with E-state index in [4.69, 9.17) is 0 Å². The van der Waals surface area contributed by atoms with E-state index in [1.54, 1.807) is 6.07 Å². The van der Waals surface area contributed by atoms with Crippen molar-refractivity contribution < 1.29 is 4.79 Å². The Morgan fingerprint density at radius 3 is 2.28 bits per heavy atom. The third kappa shape index (κ3) is 5.55. The Kier molecular flexibility index (Phi) is 6.92. The summed E-state index contributed by atoms with van der Waals surface area (Å²) in [6.45, 7) is 10.5. The van der Waals surface area contributed by atoms with Gasteiger partial charge in [0.15, 0.2) is 0 Å². The average Bonchev–Trinajstić information content (AvgIpc) is 2.60. The van der Waals surface area contributed by atoms with Crippen molar-refractivity contribution in [2.75, 3.05) is 18.0 Å². The normalized spacial score (nSPS) is 10.6. The van der Waals surface area contributed by atoms with E-state index < -0.39 is 0 Å². The molecule has 1 N–H and O–H groups in total. The molecule has 0 fully saturated rings. The number of nitrogens with one attached hydrogen (secondary N) is 1. The molecule has 0 aliphatic rings. The van der Waals surface area contributed by atoms with Crippen LogP contribution in [-0.4, -0.2) is 29.0 Å². The van der Waals surface area contributed by atoms with Gasteiger partial charge in [0.2, 0.25) is 0 Å². The first kappa shape index (κ1) is 18.9. The smallest absolute Gasteiger partial charge is 0.270 e. The molecule has 5 heteroatoms. The molecule has 25 heavy (non-hydrogen) atoms. The molecule has 134 valence electrons. The number of carbonyl (C=O) groups excluding carboxylic acids is 1. The molecule has 0 spiro atoms. The molecule has 0 atom stereocenters. The second-order valence-corrected chi connectivity index (χ2v) is 6.31. The summed E-state index contributed by atoms with van der Waals surface area (Å²) in [6.07, 6.45) is 2.08. The lowest BCUT2D eigenvalue weighted by molar-refractivity contribution is 0.0945. The zero-order valence-electron chi connectivity index (χ0n) is 15.7. The van der Waals surface area contributed by atoms with E-state index in [-0.39, 0.29) is 5.91 Å². The molecule has 1 amide bonds. The van der Waals surface area contributed by atoms with Gasteiger partial charge in [-0.05, 0) is 32.3 Å². The van der Waals surface area contributed by atoms with Gasteiger partial charge in [0.1, 0.15) is 17.3 Å². The van der Waals surface area contributed by atoms with E-state index in [2.05, 4.69) is 34.0 Å². The Morgan fingerprint density at radius 2 is 1.68 bits per heavy atom.